The number of amides is 3. The van der Waals surface area contributed by atoms with E-state index in [2.05, 4.69) is 10.6 Å². The van der Waals surface area contributed by atoms with Crippen LogP contribution in [0.15, 0.2) is 30.3 Å². The van der Waals surface area contributed by atoms with Gasteiger partial charge in [0, 0.05) is 24.4 Å². The summed E-state index contributed by atoms with van der Waals surface area (Å²) in [5, 5.41) is 26.0. The van der Waals surface area contributed by atoms with Crippen LogP contribution >= 0.6 is 0 Å². The van der Waals surface area contributed by atoms with Crippen molar-refractivity contribution in [1.82, 2.24) is 10.2 Å². The van der Waals surface area contributed by atoms with Gasteiger partial charge < -0.3 is 20.3 Å². The molecule has 34 heavy (non-hydrogen) atoms. The lowest BCUT2D eigenvalue weighted by atomic mass is 9.75. The minimum atomic E-state index is -1.38. The molecule has 4 N–H and O–H groups in total. The SMILES string of the molecule is COCCN1C(=O)[C@@H]2C(Cc3ccc(O)c(O)c3)NC3(C(=O)Nc4c(C)cc(C)cc43)[C@@H]2C1=O. The van der Waals surface area contributed by atoms with Gasteiger partial charge in [0.15, 0.2) is 11.5 Å². The maximum atomic E-state index is 13.6. The number of nitrogens with one attached hydrogen (secondary N) is 2. The molecule has 2 saturated heterocycles. The standard InChI is InChI=1S/C25H27N3O6/c1-12-8-13(2)21-15(9-12)25(24(33)26-21)20-19(22(31)28(23(20)32)6-7-34-3)16(27-25)10-14-4-5-17(29)18(30)11-14/h4-5,8-9,11,16,19-20,27,29-30H,6-7,10H2,1-3H3,(H,26,33)/t16?,19-,20+,25?/m1/s1. The number of anilines is 1. The molecule has 1 spiro atoms. The Bertz CT molecular complexity index is 1230. The van der Waals surface area contributed by atoms with E-state index in [0.29, 0.717) is 16.8 Å². The van der Waals surface area contributed by atoms with Crippen molar-refractivity contribution in [3.63, 3.8) is 0 Å². The number of phenols is 2. The number of carbonyl (C=O) groups excluding carboxylic acids is 3. The molecule has 2 fully saturated rings. The number of phenolic OH excluding ortho intramolecular Hbond substituents is 2. The van der Waals surface area contributed by atoms with E-state index in [-0.39, 0.29) is 42.9 Å². The van der Waals surface area contributed by atoms with Gasteiger partial charge in [-0.1, -0.05) is 23.8 Å². The second kappa shape index (κ2) is 7.82. The molecule has 178 valence electrons. The Morgan fingerprint density at radius 2 is 1.82 bits per heavy atom. The van der Waals surface area contributed by atoms with Crippen LogP contribution in [0.4, 0.5) is 5.69 Å². The van der Waals surface area contributed by atoms with E-state index in [1.165, 1.54) is 24.1 Å². The highest BCUT2D eigenvalue weighted by atomic mass is 16.5. The smallest absolute Gasteiger partial charge is 0.250 e. The number of aromatic hydroxyl groups is 2. The van der Waals surface area contributed by atoms with Crippen molar-refractivity contribution in [2.75, 3.05) is 25.6 Å². The molecule has 3 heterocycles. The van der Waals surface area contributed by atoms with E-state index in [1.54, 1.807) is 6.07 Å². The monoisotopic (exact) mass is 465 g/mol. The van der Waals surface area contributed by atoms with Gasteiger partial charge in [0.2, 0.25) is 17.7 Å². The van der Waals surface area contributed by atoms with Crippen molar-refractivity contribution >= 4 is 23.4 Å². The molecule has 5 rings (SSSR count). The van der Waals surface area contributed by atoms with Gasteiger partial charge in [-0.2, -0.15) is 0 Å². The number of rotatable bonds is 5. The zero-order valence-electron chi connectivity index (χ0n) is 19.2. The summed E-state index contributed by atoms with van der Waals surface area (Å²) < 4.78 is 5.10. The summed E-state index contributed by atoms with van der Waals surface area (Å²) in [5.41, 5.74) is 2.47. The third-order valence-electron chi connectivity index (χ3n) is 7.27. The van der Waals surface area contributed by atoms with Gasteiger partial charge in [-0.15, -0.1) is 0 Å². The highest BCUT2D eigenvalue weighted by Crippen LogP contribution is 2.54. The molecule has 0 radical (unpaired) electrons. The van der Waals surface area contributed by atoms with E-state index in [4.69, 9.17) is 4.74 Å². The topological polar surface area (TPSA) is 128 Å². The van der Waals surface area contributed by atoms with Crippen molar-refractivity contribution in [2.24, 2.45) is 11.8 Å². The van der Waals surface area contributed by atoms with Gasteiger partial charge in [-0.3, -0.25) is 24.6 Å². The summed E-state index contributed by atoms with van der Waals surface area (Å²) in [4.78, 5) is 41.9. The first-order valence-corrected chi connectivity index (χ1v) is 11.2. The first-order chi connectivity index (χ1) is 16.2. The summed E-state index contributed by atoms with van der Waals surface area (Å²) >= 11 is 0. The number of methoxy groups -OCH3 is 1. The summed E-state index contributed by atoms with van der Waals surface area (Å²) in [5.74, 6) is -3.27. The van der Waals surface area contributed by atoms with E-state index >= 15 is 0 Å². The Balaban J connectivity index is 1.63. The highest BCUT2D eigenvalue weighted by molar-refractivity contribution is 6.15. The van der Waals surface area contributed by atoms with Crippen LogP contribution in [0.2, 0.25) is 0 Å². The molecular weight excluding hydrogens is 438 g/mol. The van der Waals surface area contributed by atoms with E-state index in [1.807, 2.05) is 26.0 Å². The number of benzene rings is 2. The third kappa shape index (κ3) is 3.04. The van der Waals surface area contributed by atoms with Crippen LogP contribution in [0, 0.1) is 25.7 Å². The van der Waals surface area contributed by atoms with Gasteiger partial charge >= 0.3 is 0 Å². The lowest BCUT2D eigenvalue weighted by molar-refractivity contribution is -0.143. The van der Waals surface area contributed by atoms with Crippen molar-refractivity contribution in [3.05, 3.63) is 52.6 Å². The number of ether oxygens (including phenoxy) is 1. The Morgan fingerprint density at radius 1 is 1.06 bits per heavy atom. The number of likely N-dealkylation sites (tertiary alicyclic amines) is 1. The zero-order valence-corrected chi connectivity index (χ0v) is 19.2. The van der Waals surface area contributed by atoms with Crippen LogP contribution in [0.1, 0.15) is 22.3 Å². The number of fused-ring (bicyclic) bond motifs is 4. The molecule has 9 nitrogen and oxygen atoms in total. The van der Waals surface area contributed by atoms with Gasteiger partial charge in [0.25, 0.3) is 0 Å². The van der Waals surface area contributed by atoms with Crippen LogP contribution < -0.4 is 10.6 Å². The zero-order chi connectivity index (χ0) is 24.4. The number of carbonyl (C=O) groups is 3. The third-order valence-corrected chi connectivity index (χ3v) is 7.27. The Kier molecular flexibility index (Phi) is 5.14. The summed E-state index contributed by atoms with van der Waals surface area (Å²) in [7, 11) is 1.50. The summed E-state index contributed by atoms with van der Waals surface area (Å²) in [6.45, 7) is 4.15. The van der Waals surface area contributed by atoms with E-state index < -0.39 is 29.3 Å². The number of imide groups is 1. The first-order valence-electron chi connectivity index (χ1n) is 11.2. The molecule has 0 aromatic heterocycles. The predicted octanol–water partition coefficient (Wildman–Crippen LogP) is 1.32. The highest BCUT2D eigenvalue weighted by Gasteiger charge is 2.70. The van der Waals surface area contributed by atoms with Gasteiger partial charge in [0.1, 0.15) is 5.54 Å². The number of hydrogen-bond acceptors (Lipinski definition) is 7. The van der Waals surface area contributed by atoms with Gasteiger partial charge in [0.05, 0.1) is 25.0 Å². The molecule has 3 aliphatic rings. The van der Waals surface area contributed by atoms with Crippen molar-refractivity contribution in [3.8, 4) is 11.5 Å². The average molecular weight is 466 g/mol. The molecule has 2 unspecified atom stereocenters. The fourth-order valence-corrected chi connectivity index (χ4v) is 5.85. The largest absolute Gasteiger partial charge is 0.504 e. The molecule has 3 aliphatic heterocycles. The molecule has 0 aliphatic carbocycles. The fourth-order valence-electron chi connectivity index (χ4n) is 5.85. The van der Waals surface area contributed by atoms with Gasteiger partial charge in [-0.25, -0.2) is 0 Å². The number of aryl methyl sites for hydroxylation is 2. The molecule has 9 heteroatoms. The van der Waals surface area contributed by atoms with Crippen LogP contribution in [0.5, 0.6) is 11.5 Å². The lowest BCUT2D eigenvalue weighted by Crippen LogP contribution is -2.53. The predicted molar refractivity (Wildman–Crippen MR) is 122 cm³/mol. The molecular formula is C25H27N3O6. The normalized spacial score (nSPS) is 27.4. The van der Waals surface area contributed by atoms with Crippen LogP contribution in [-0.2, 0) is 31.1 Å². The van der Waals surface area contributed by atoms with Crippen molar-refractivity contribution in [1.29, 1.82) is 0 Å². The maximum Gasteiger partial charge on any atom is 0.250 e. The van der Waals surface area contributed by atoms with E-state index in [0.717, 1.165) is 11.1 Å². The molecule has 2 aromatic carbocycles. The lowest BCUT2D eigenvalue weighted by Gasteiger charge is -2.30. The molecule has 2 aromatic rings. The number of nitrogens with zero attached hydrogens (tertiary/aromatic N) is 1. The molecule has 0 bridgehead atoms. The summed E-state index contributed by atoms with van der Waals surface area (Å²) in [6, 6.07) is 7.78. The summed E-state index contributed by atoms with van der Waals surface area (Å²) in [6.07, 6.45) is 0.279. The van der Waals surface area contributed by atoms with Crippen molar-refractivity contribution < 1.29 is 29.3 Å². The van der Waals surface area contributed by atoms with Crippen LogP contribution in [0.3, 0.4) is 0 Å². The number of hydrogen-bond donors (Lipinski definition) is 4. The maximum absolute atomic E-state index is 13.6. The Morgan fingerprint density at radius 3 is 2.53 bits per heavy atom. The second-order valence-corrected chi connectivity index (χ2v) is 9.37. The van der Waals surface area contributed by atoms with Gasteiger partial charge in [-0.05, 0) is 43.5 Å². The molecule has 0 saturated carbocycles. The Labute approximate surface area is 196 Å². The van der Waals surface area contributed by atoms with Crippen molar-refractivity contribution in [2.45, 2.75) is 31.8 Å². The molecule has 3 amide bonds. The minimum absolute atomic E-state index is 0.116. The van der Waals surface area contributed by atoms with E-state index in [9.17, 15) is 24.6 Å². The first kappa shape index (κ1) is 22.4. The Hall–Kier alpha value is -3.43. The molecule has 4 atom stereocenters. The fraction of sp³-hybridized carbons (Fsp3) is 0.400. The van der Waals surface area contributed by atoms with Crippen LogP contribution in [0.25, 0.3) is 0 Å². The second-order valence-electron chi connectivity index (χ2n) is 9.37. The quantitative estimate of drug-likeness (QED) is 0.387. The average Bonchev–Trinajstić information content (AvgIpc) is 3.35. The van der Waals surface area contributed by atoms with Crippen LogP contribution in [-0.4, -0.2) is 59.1 Å². The minimum Gasteiger partial charge on any atom is -0.504 e.